The fourth-order valence-electron chi connectivity index (χ4n) is 2.11. The first-order valence-corrected chi connectivity index (χ1v) is 10.1. The fourth-order valence-corrected chi connectivity index (χ4v) is 2.44. The van der Waals surface area contributed by atoms with Crippen LogP contribution < -0.4 is 0 Å². The zero-order chi connectivity index (χ0) is 17.1. The van der Waals surface area contributed by atoms with Crippen LogP contribution in [0, 0.1) is 0 Å². The maximum Gasteiger partial charge on any atom is 0.397 e. The predicted octanol–water partition coefficient (Wildman–Crippen LogP) is 4.51. The van der Waals surface area contributed by atoms with Gasteiger partial charge in [-0.25, -0.2) is 4.18 Å². The van der Waals surface area contributed by atoms with Gasteiger partial charge in [-0.2, -0.15) is 8.42 Å². The van der Waals surface area contributed by atoms with Gasteiger partial charge < -0.3 is 5.11 Å². The van der Waals surface area contributed by atoms with Crippen LogP contribution in [0.5, 0.6) is 0 Å². The second kappa shape index (κ2) is 18.9. The normalized spacial score (nSPS) is 11.1. The van der Waals surface area contributed by atoms with Crippen LogP contribution in [0.1, 0.15) is 90.9 Å². The van der Waals surface area contributed by atoms with Crippen molar-refractivity contribution in [2.45, 2.75) is 90.9 Å². The van der Waals surface area contributed by atoms with Crippen LogP contribution >= 0.6 is 0 Å². The van der Waals surface area contributed by atoms with Gasteiger partial charge in [0, 0.05) is 6.61 Å². The Bertz CT molecular complexity index is 291. The van der Waals surface area contributed by atoms with E-state index in [0.717, 1.165) is 12.8 Å². The smallest absolute Gasteiger partial charge is 0.397 e. The molecule has 0 aromatic carbocycles. The first-order chi connectivity index (χ1) is 10.5. The molecular formula is C16H36O5S. The van der Waals surface area contributed by atoms with Crippen LogP contribution in [0.3, 0.4) is 0 Å². The molecule has 0 saturated heterocycles. The van der Waals surface area contributed by atoms with Crippen molar-refractivity contribution < 1.29 is 22.3 Å². The largest absolute Gasteiger partial charge is 0.397 e. The molecule has 0 saturated carbocycles. The van der Waals surface area contributed by atoms with Crippen molar-refractivity contribution in [1.82, 2.24) is 0 Å². The second-order valence-electron chi connectivity index (χ2n) is 5.46. The molecule has 0 radical (unpaired) electrons. The summed E-state index contributed by atoms with van der Waals surface area (Å²) in [7, 11) is -4.24. The van der Waals surface area contributed by atoms with Gasteiger partial charge in [0.1, 0.15) is 0 Å². The molecule has 0 heterocycles. The molecule has 5 nitrogen and oxygen atoms in total. The van der Waals surface area contributed by atoms with Crippen LogP contribution in [0.2, 0.25) is 0 Å². The van der Waals surface area contributed by atoms with Crippen molar-refractivity contribution >= 4 is 10.4 Å². The quantitative estimate of drug-likeness (QED) is 0.359. The van der Waals surface area contributed by atoms with Crippen molar-refractivity contribution in [2.75, 3.05) is 13.2 Å². The van der Waals surface area contributed by atoms with E-state index in [0.29, 0.717) is 6.42 Å². The minimum absolute atomic E-state index is 0.0935. The number of hydrogen-bond donors (Lipinski definition) is 2. The lowest BCUT2D eigenvalue weighted by Crippen LogP contribution is -2.04. The number of hydrogen-bond acceptors (Lipinski definition) is 4. The maximum atomic E-state index is 10.3. The molecular weight excluding hydrogens is 304 g/mol. The predicted molar refractivity (Wildman–Crippen MR) is 91.3 cm³/mol. The van der Waals surface area contributed by atoms with Crippen molar-refractivity contribution in [1.29, 1.82) is 0 Å². The molecule has 0 aliphatic carbocycles. The molecule has 0 spiro atoms. The Morgan fingerprint density at radius 2 is 1.05 bits per heavy atom. The lowest BCUT2D eigenvalue weighted by atomic mass is 10.1. The third kappa shape index (κ3) is 28.1. The summed E-state index contributed by atoms with van der Waals surface area (Å²) in [6.45, 7) is 4.26. The summed E-state index contributed by atoms with van der Waals surface area (Å²) < 4.78 is 33.1. The first-order valence-electron chi connectivity index (χ1n) is 8.70. The summed E-state index contributed by atoms with van der Waals surface area (Å²) in [5, 5.41) is 7.57. The standard InChI is InChI=1S/C14H30O4S.C2H6O/c1-2-3-4-5-6-7-8-9-10-11-12-13-14-18-19(15,16)17;1-2-3/h2-14H2,1H3,(H,15,16,17);3H,2H2,1H3. The lowest BCUT2D eigenvalue weighted by Gasteiger charge is -2.02. The maximum absolute atomic E-state index is 10.3. The van der Waals surface area contributed by atoms with E-state index in [1.165, 1.54) is 57.8 Å². The number of aliphatic hydroxyl groups excluding tert-OH is 1. The Kier molecular flexibility index (Phi) is 20.7. The first kappa shape index (κ1) is 24.1. The summed E-state index contributed by atoms with van der Waals surface area (Å²) in [5.41, 5.74) is 0. The molecule has 136 valence electrons. The topological polar surface area (TPSA) is 83.8 Å². The van der Waals surface area contributed by atoms with E-state index < -0.39 is 10.4 Å². The van der Waals surface area contributed by atoms with Crippen LogP contribution in [-0.4, -0.2) is 31.3 Å². The van der Waals surface area contributed by atoms with E-state index in [1.54, 1.807) is 6.92 Å². The molecule has 0 fully saturated rings. The van der Waals surface area contributed by atoms with E-state index >= 15 is 0 Å². The highest BCUT2D eigenvalue weighted by molar-refractivity contribution is 7.80. The van der Waals surface area contributed by atoms with E-state index in [4.69, 9.17) is 9.66 Å². The molecule has 0 amide bonds. The SMILES string of the molecule is CCCCCCCCCCCCCCOS(=O)(=O)O.CCO. The van der Waals surface area contributed by atoms with Gasteiger partial charge in [-0.3, -0.25) is 4.55 Å². The van der Waals surface area contributed by atoms with Gasteiger partial charge in [0.05, 0.1) is 6.61 Å². The molecule has 2 N–H and O–H groups in total. The Morgan fingerprint density at radius 3 is 1.36 bits per heavy atom. The summed E-state index contributed by atoms with van der Waals surface area (Å²) >= 11 is 0. The van der Waals surface area contributed by atoms with Crippen LogP contribution in [0.15, 0.2) is 0 Å². The summed E-state index contributed by atoms with van der Waals surface area (Å²) in [5.74, 6) is 0. The van der Waals surface area contributed by atoms with Gasteiger partial charge in [0.2, 0.25) is 0 Å². The molecule has 0 aromatic heterocycles. The van der Waals surface area contributed by atoms with Crippen molar-refractivity contribution in [3.05, 3.63) is 0 Å². The van der Waals surface area contributed by atoms with Gasteiger partial charge in [-0.1, -0.05) is 77.6 Å². The van der Waals surface area contributed by atoms with Gasteiger partial charge in [0.15, 0.2) is 0 Å². The number of rotatable bonds is 14. The van der Waals surface area contributed by atoms with Crippen molar-refractivity contribution in [2.24, 2.45) is 0 Å². The number of unbranched alkanes of at least 4 members (excludes halogenated alkanes) is 11. The lowest BCUT2D eigenvalue weighted by molar-refractivity contribution is 0.261. The van der Waals surface area contributed by atoms with Crippen LogP contribution in [-0.2, 0) is 14.6 Å². The Balaban J connectivity index is 0. The van der Waals surface area contributed by atoms with Gasteiger partial charge >= 0.3 is 10.4 Å². The second-order valence-corrected chi connectivity index (χ2v) is 6.55. The van der Waals surface area contributed by atoms with E-state index in [1.807, 2.05) is 0 Å². The van der Waals surface area contributed by atoms with E-state index in [2.05, 4.69) is 11.1 Å². The average molecular weight is 341 g/mol. The van der Waals surface area contributed by atoms with E-state index in [9.17, 15) is 8.42 Å². The van der Waals surface area contributed by atoms with Crippen LogP contribution in [0.4, 0.5) is 0 Å². The minimum Gasteiger partial charge on any atom is -0.397 e. The molecule has 0 rings (SSSR count). The van der Waals surface area contributed by atoms with Crippen molar-refractivity contribution in [3.63, 3.8) is 0 Å². The van der Waals surface area contributed by atoms with E-state index in [-0.39, 0.29) is 13.2 Å². The Labute approximate surface area is 137 Å². The molecule has 0 aliphatic heterocycles. The summed E-state index contributed by atoms with van der Waals surface area (Å²) in [6, 6.07) is 0. The van der Waals surface area contributed by atoms with Gasteiger partial charge in [-0.15, -0.1) is 0 Å². The Morgan fingerprint density at radius 1 is 0.727 bits per heavy atom. The molecule has 0 bridgehead atoms. The zero-order valence-corrected chi connectivity index (χ0v) is 15.2. The van der Waals surface area contributed by atoms with Crippen LogP contribution in [0.25, 0.3) is 0 Å². The molecule has 22 heavy (non-hydrogen) atoms. The van der Waals surface area contributed by atoms with Gasteiger partial charge in [-0.05, 0) is 13.3 Å². The summed E-state index contributed by atoms with van der Waals surface area (Å²) in [4.78, 5) is 0. The molecule has 6 heteroatoms. The van der Waals surface area contributed by atoms with Crippen molar-refractivity contribution in [3.8, 4) is 0 Å². The molecule has 0 atom stereocenters. The minimum atomic E-state index is -4.24. The monoisotopic (exact) mass is 340 g/mol. The fraction of sp³-hybridized carbons (Fsp3) is 1.00. The molecule has 0 aromatic rings. The highest BCUT2D eigenvalue weighted by Crippen LogP contribution is 2.11. The zero-order valence-electron chi connectivity index (χ0n) is 14.4. The average Bonchev–Trinajstić information content (AvgIpc) is 2.43. The number of aliphatic hydroxyl groups is 1. The Hall–Kier alpha value is -0.170. The highest BCUT2D eigenvalue weighted by Gasteiger charge is 2.02. The molecule has 0 aliphatic rings. The highest BCUT2D eigenvalue weighted by atomic mass is 32.3. The third-order valence-electron chi connectivity index (χ3n) is 3.23. The molecule has 0 unspecified atom stereocenters. The van der Waals surface area contributed by atoms with Gasteiger partial charge in [0.25, 0.3) is 0 Å². The third-order valence-corrected chi connectivity index (χ3v) is 3.69. The summed E-state index contributed by atoms with van der Waals surface area (Å²) in [6.07, 6.45) is 14.7.